The molecule has 0 N–H and O–H groups in total. The zero-order chi connectivity index (χ0) is 12.2. The summed E-state index contributed by atoms with van der Waals surface area (Å²) >= 11 is 1.78. The zero-order valence-corrected chi connectivity index (χ0v) is 10.4. The summed E-state index contributed by atoms with van der Waals surface area (Å²) in [5.41, 5.74) is 1.31. The van der Waals surface area contributed by atoms with Gasteiger partial charge in [-0.25, -0.2) is 0 Å². The molecule has 0 aliphatic heterocycles. The first-order valence-electron chi connectivity index (χ1n) is 4.82. The van der Waals surface area contributed by atoms with Crippen molar-refractivity contribution in [1.82, 2.24) is 0 Å². The van der Waals surface area contributed by atoms with E-state index >= 15 is 0 Å². The van der Waals surface area contributed by atoms with Crippen molar-refractivity contribution in [2.75, 3.05) is 7.05 Å². The van der Waals surface area contributed by atoms with Crippen LogP contribution in [0.15, 0.2) is 66.0 Å². The van der Waals surface area contributed by atoms with Gasteiger partial charge in [-0.15, -0.1) is 24.5 Å². The molecule has 0 fully saturated rings. The maximum atomic E-state index is 3.25. The van der Waals surface area contributed by atoms with Crippen molar-refractivity contribution in [3.05, 3.63) is 61.0 Å². The van der Waals surface area contributed by atoms with Crippen molar-refractivity contribution in [2.24, 2.45) is 4.99 Å². The first-order valence-corrected chi connectivity index (χ1v) is 5.70. The monoisotopic (exact) mass is 231 g/mol. The van der Waals surface area contributed by atoms with E-state index in [2.05, 4.69) is 66.6 Å². The second-order valence-electron chi connectivity index (χ2n) is 2.66. The van der Waals surface area contributed by atoms with Crippen LogP contribution in [0.25, 0.3) is 10.4 Å². The smallest absolute Gasteiger partial charge is 0.0342 e. The highest BCUT2D eigenvalue weighted by Gasteiger charge is 1.93. The van der Waals surface area contributed by atoms with Gasteiger partial charge in [-0.1, -0.05) is 36.4 Å². The fraction of sp³-hybridized carbons (Fsp3) is 0.0714. The maximum absolute atomic E-state index is 3.25. The Bertz CT molecular complexity index is 365. The molecule has 0 aliphatic carbocycles. The number of hydrogen-bond donors (Lipinski definition) is 0. The van der Waals surface area contributed by atoms with Crippen LogP contribution < -0.4 is 0 Å². The fourth-order valence-electron chi connectivity index (χ4n) is 1.05. The quantitative estimate of drug-likeness (QED) is 0.505. The van der Waals surface area contributed by atoms with Gasteiger partial charge in [-0.3, -0.25) is 0 Å². The third-order valence-electron chi connectivity index (χ3n) is 1.58. The minimum atomic E-state index is 1.31. The molecular weight excluding hydrogens is 214 g/mol. The predicted octanol–water partition coefficient (Wildman–Crippen LogP) is 4.53. The third kappa shape index (κ3) is 5.27. The van der Waals surface area contributed by atoms with Gasteiger partial charge in [0.2, 0.25) is 0 Å². The van der Waals surface area contributed by atoms with Gasteiger partial charge >= 0.3 is 0 Å². The lowest BCUT2D eigenvalue weighted by atomic mass is 10.2. The molecule has 0 radical (unpaired) electrons. The third-order valence-corrected chi connectivity index (χ3v) is 2.50. The predicted molar refractivity (Wildman–Crippen MR) is 76.5 cm³/mol. The first-order chi connectivity index (χ1) is 7.88. The van der Waals surface area contributed by atoms with Gasteiger partial charge in [0.15, 0.2) is 0 Å². The number of nitrogens with zero attached hydrogens (tertiary/aromatic N) is 1. The first kappa shape index (κ1) is 14.3. The van der Waals surface area contributed by atoms with Gasteiger partial charge in [-0.2, -0.15) is 0 Å². The van der Waals surface area contributed by atoms with Crippen LogP contribution in [0.3, 0.4) is 0 Å². The molecule has 1 nitrogen and oxygen atoms in total. The Morgan fingerprint density at radius 1 is 1.00 bits per heavy atom. The number of hydrogen-bond acceptors (Lipinski definition) is 2. The molecule has 0 unspecified atom stereocenters. The van der Waals surface area contributed by atoms with Gasteiger partial charge < -0.3 is 4.99 Å². The van der Waals surface area contributed by atoms with Crippen LogP contribution in [0.5, 0.6) is 0 Å². The highest BCUT2D eigenvalue weighted by atomic mass is 32.1. The minimum absolute atomic E-state index is 1.31. The summed E-state index contributed by atoms with van der Waals surface area (Å²) in [5, 5.41) is 2.10. The Morgan fingerprint density at radius 3 is 2.00 bits per heavy atom. The molecule has 2 rings (SSSR count). The molecule has 0 bridgehead atoms. The SMILES string of the molecule is C=C.C=NC.c1ccc(-c2cccs2)cc1. The van der Waals surface area contributed by atoms with E-state index in [1.54, 1.807) is 18.4 Å². The summed E-state index contributed by atoms with van der Waals surface area (Å²) < 4.78 is 0. The second kappa shape index (κ2) is 9.87. The van der Waals surface area contributed by atoms with E-state index in [0.29, 0.717) is 0 Å². The Labute approximate surface area is 102 Å². The molecule has 0 spiro atoms. The molecule has 1 aromatic heterocycles. The molecule has 1 heterocycles. The summed E-state index contributed by atoms with van der Waals surface area (Å²) in [6, 6.07) is 14.6. The standard InChI is InChI=1S/C10H8S.C2H5N.C2H4/c1-2-5-9(6-3-1)10-7-4-8-11-10;1-3-2;1-2/h1-8H;1H2,2H3;1-2H2. The Balaban J connectivity index is 0.000000394. The van der Waals surface area contributed by atoms with E-state index in [9.17, 15) is 0 Å². The largest absolute Gasteiger partial charge is 0.304 e. The minimum Gasteiger partial charge on any atom is -0.304 e. The van der Waals surface area contributed by atoms with Crippen LogP contribution >= 0.6 is 11.3 Å². The van der Waals surface area contributed by atoms with E-state index in [1.165, 1.54) is 10.4 Å². The van der Waals surface area contributed by atoms with Crippen LogP contribution in [0.1, 0.15) is 0 Å². The molecule has 84 valence electrons. The number of thiophene rings is 1. The van der Waals surface area contributed by atoms with Crippen LogP contribution in [0, 0.1) is 0 Å². The lowest BCUT2D eigenvalue weighted by Crippen LogP contribution is -1.67. The van der Waals surface area contributed by atoms with E-state index in [0.717, 1.165) is 0 Å². The van der Waals surface area contributed by atoms with E-state index in [-0.39, 0.29) is 0 Å². The fourth-order valence-corrected chi connectivity index (χ4v) is 1.78. The number of benzene rings is 1. The lowest BCUT2D eigenvalue weighted by Gasteiger charge is -1.93. The van der Waals surface area contributed by atoms with Gasteiger partial charge in [0, 0.05) is 11.9 Å². The van der Waals surface area contributed by atoms with Crippen molar-refractivity contribution < 1.29 is 0 Å². The van der Waals surface area contributed by atoms with E-state index in [1.807, 2.05) is 6.07 Å². The molecule has 1 aromatic carbocycles. The molecule has 16 heavy (non-hydrogen) atoms. The molecular formula is C14H17NS. The van der Waals surface area contributed by atoms with Crippen molar-refractivity contribution in [1.29, 1.82) is 0 Å². The van der Waals surface area contributed by atoms with Crippen LogP contribution in [0.2, 0.25) is 0 Å². The summed E-state index contributed by atoms with van der Waals surface area (Å²) in [5.74, 6) is 0. The number of rotatable bonds is 1. The zero-order valence-electron chi connectivity index (χ0n) is 9.60. The molecule has 0 saturated heterocycles. The summed E-state index contributed by atoms with van der Waals surface area (Å²) in [6.07, 6.45) is 0. The van der Waals surface area contributed by atoms with E-state index < -0.39 is 0 Å². The van der Waals surface area contributed by atoms with Gasteiger partial charge in [-0.05, 0) is 23.7 Å². The number of aliphatic imine (C=N–C) groups is 1. The van der Waals surface area contributed by atoms with Crippen molar-refractivity contribution in [3.8, 4) is 10.4 Å². The Morgan fingerprint density at radius 2 is 1.56 bits per heavy atom. The van der Waals surface area contributed by atoms with Crippen LogP contribution in [-0.4, -0.2) is 13.8 Å². The molecule has 2 heteroatoms. The van der Waals surface area contributed by atoms with Crippen LogP contribution in [-0.2, 0) is 0 Å². The van der Waals surface area contributed by atoms with Crippen molar-refractivity contribution >= 4 is 18.1 Å². The average Bonchev–Trinajstić information content (AvgIpc) is 2.87. The lowest BCUT2D eigenvalue weighted by molar-refractivity contribution is 1.49. The summed E-state index contributed by atoms with van der Waals surface area (Å²) in [4.78, 5) is 4.59. The van der Waals surface area contributed by atoms with Crippen molar-refractivity contribution in [2.45, 2.75) is 0 Å². The van der Waals surface area contributed by atoms with Crippen LogP contribution in [0.4, 0.5) is 0 Å². The molecule has 0 amide bonds. The van der Waals surface area contributed by atoms with Gasteiger partial charge in [0.1, 0.15) is 0 Å². The molecule has 2 aromatic rings. The van der Waals surface area contributed by atoms with Gasteiger partial charge in [0.25, 0.3) is 0 Å². The van der Waals surface area contributed by atoms with E-state index in [4.69, 9.17) is 0 Å². The Hall–Kier alpha value is -1.67. The molecule has 0 saturated carbocycles. The summed E-state index contributed by atoms with van der Waals surface area (Å²) in [7, 11) is 1.64. The normalized spacial score (nSPS) is 7.81. The molecule has 0 atom stereocenters. The second-order valence-corrected chi connectivity index (χ2v) is 3.61. The topological polar surface area (TPSA) is 12.4 Å². The highest BCUT2D eigenvalue weighted by Crippen LogP contribution is 2.23. The van der Waals surface area contributed by atoms with Gasteiger partial charge in [0.05, 0.1) is 0 Å². The maximum Gasteiger partial charge on any atom is 0.0342 e. The highest BCUT2D eigenvalue weighted by molar-refractivity contribution is 7.13. The summed E-state index contributed by atoms with van der Waals surface area (Å²) in [6.45, 7) is 9.11. The average molecular weight is 231 g/mol. The molecule has 0 aliphatic rings. The Kier molecular flexibility index (Phi) is 8.84. The van der Waals surface area contributed by atoms with Crippen molar-refractivity contribution in [3.63, 3.8) is 0 Å².